The van der Waals surface area contributed by atoms with Crippen LogP contribution < -0.4 is 10.2 Å². The van der Waals surface area contributed by atoms with Gasteiger partial charge < -0.3 is 9.64 Å². The van der Waals surface area contributed by atoms with Crippen LogP contribution in [0.15, 0.2) is 89.9 Å². The summed E-state index contributed by atoms with van der Waals surface area (Å²) in [7, 11) is 0. The lowest BCUT2D eigenvalue weighted by Crippen LogP contribution is -2.55. The molecule has 196 valence electrons. The van der Waals surface area contributed by atoms with Gasteiger partial charge in [-0.05, 0) is 32.4 Å². The Labute approximate surface area is 222 Å². The van der Waals surface area contributed by atoms with Crippen LogP contribution in [-0.4, -0.2) is 53.8 Å². The lowest BCUT2D eigenvalue weighted by molar-refractivity contribution is -0.134. The van der Waals surface area contributed by atoms with Crippen molar-refractivity contribution >= 4 is 29.3 Å². The number of hydrogen-bond acceptors (Lipinski definition) is 5. The summed E-state index contributed by atoms with van der Waals surface area (Å²) in [5, 5.41) is 2.63. The van der Waals surface area contributed by atoms with Crippen molar-refractivity contribution in [3.8, 4) is 0 Å². The molecule has 0 spiro atoms. The predicted molar refractivity (Wildman–Crippen MR) is 147 cm³/mol. The zero-order valence-electron chi connectivity index (χ0n) is 21.8. The minimum absolute atomic E-state index is 0.0453. The first-order valence-corrected chi connectivity index (χ1v) is 12.8. The fraction of sp³-hybridized carbons (Fsp3) is 0.267. The smallest absolute Gasteiger partial charge is 0.409 e. The molecule has 0 aliphatic carbocycles. The molecule has 2 atom stereocenters. The number of rotatable bonds is 8. The van der Waals surface area contributed by atoms with Gasteiger partial charge in [0, 0.05) is 24.2 Å². The summed E-state index contributed by atoms with van der Waals surface area (Å²) in [5.74, 6) is -0.709. The second-order valence-electron chi connectivity index (χ2n) is 8.86. The molecule has 0 radical (unpaired) electrons. The Morgan fingerprint density at radius 3 is 2.21 bits per heavy atom. The highest BCUT2D eigenvalue weighted by atomic mass is 16.5. The number of fused-ring (bicyclic) bond motifs is 1. The number of hydrogen-bond donors (Lipinski definition) is 1. The highest BCUT2D eigenvalue weighted by Crippen LogP contribution is 2.30. The molecule has 8 heteroatoms. The molecule has 0 bridgehead atoms. The number of nitrogens with zero attached hydrogens (tertiary/aromatic N) is 3. The molecule has 0 fully saturated rings. The van der Waals surface area contributed by atoms with Gasteiger partial charge in [-0.2, -0.15) is 0 Å². The van der Waals surface area contributed by atoms with E-state index in [-0.39, 0.29) is 12.5 Å². The van der Waals surface area contributed by atoms with E-state index in [0.717, 1.165) is 11.1 Å². The van der Waals surface area contributed by atoms with Crippen LogP contribution in [0.25, 0.3) is 0 Å². The Morgan fingerprint density at radius 1 is 0.947 bits per heavy atom. The van der Waals surface area contributed by atoms with Gasteiger partial charge in [0.25, 0.3) is 5.91 Å². The lowest BCUT2D eigenvalue weighted by Gasteiger charge is -2.33. The number of likely N-dealkylation sites (N-methyl/N-ethyl adjacent to an activating group) is 1. The van der Waals surface area contributed by atoms with Gasteiger partial charge in [0.2, 0.25) is 12.1 Å². The highest BCUT2D eigenvalue weighted by Gasteiger charge is 2.38. The average Bonchev–Trinajstić information content (AvgIpc) is 3.07. The molecule has 3 aromatic carbocycles. The molecule has 0 saturated carbocycles. The van der Waals surface area contributed by atoms with E-state index < -0.39 is 24.2 Å². The Kier molecular flexibility index (Phi) is 8.53. The number of carbonyl (C=O) groups excluding carboxylic acids is 3. The molecule has 0 aromatic heterocycles. The molecule has 0 saturated heterocycles. The molecule has 38 heavy (non-hydrogen) atoms. The van der Waals surface area contributed by atoms with Crippen LogP contribution in [0.3, 0.4) is 0 Å². The first-order valence-electron chi connectivity index (χ1n) is 12.8. The minimum atomic E-state index is -1.30. The van der Waals surface area contributed by atoms with E-state index in [2.05, 4.69) is 5.32 Å². The zero-order chi connectivity index (χ0) is 27.1. The monoisotopic (exact) mass is 512 g/mol. The molecule has 4 rings (SSSR count). The molecule has 3 amide bonds. The van der Waals surface area contributed by atoms with Gasteiger partial charge in [0.05, 0.1) is 11.4 Å². The zero-order valence-corrected chi connectivity index (χ0v) is 21.8. The van der Waals surface area contributed by atoms with Crippen LogP contribution in [0.1, 0.15) is 37.5 Å². The summed E-state index contributed by atoms with van der Waals surface area (Å²) in [6, 6.07) is 25.2. The van der Waals surface area contributed by atoms with E-state index >= 15 is 0 Å². The van der Waals surface area contributed by atoms with Gasteiger partial charge in [-0.15, -0.1) is 0 Å². The van der Waals surface area contributed by atoms with Crippen molar-refractivity contribution in [3.05, 3.63) is 102 Å². The van der Waals surface area contributed by atoms with Crippen molar-refractivity contribution in [2.24, 2.45) is 4.99 Å². The van der Waals surface area contributed by atoms with Gasteiger partial charge in [0.1, 0.15) is 12.6 Å². The summed E-state index contributed by atoms with van der Waals surface area (Å²) in [4.78, 5) is 48.1. The maximum Gasteiger partial charge on any atom is 0.409 e. The Balaban J connectivity index is 1.73. The number of ether oxygens (including phenoxy) is 1. The van der Waals surface area contributed by atoms with E-state index in [1.54, 1.807) is 17.9 Å². The Hall–Kier alpha value is -4.46. The molecule has 8 nitrogen and oxygen atoms in total. The van der Waals surface area contributed by atoms with E-state index in [0.29, 0.717) is 30.1 Å². The van der Waals surface area contributed by atoms with Crippen LogP contribution in [-0.2, 0) is 20.9 Å². The number of carbonyl (C=O) groups is 3. The second-order valence-corrected chi connectivity index (χ2v) is 8.86. The maximum atomic E-state index is 14.0. The molecule has 1 heterocycles. The second kappa shape index (κ2) is 12.2. The largest absolute Gasteiger partial charge is 0.445 e. The fourth-order valence-electron chi connectivity index (χ4n) is 4.49. The Morgan fingerprint density at radius 2 is 1.55 bits per heavy atom. The highest BCUT2D eigenvalue weighted by molar-refractivity contribution is 6.21. The van der Waals surface area contributed by atoms with Gasteiger partial charge >= 0.3 is 6.09 Å². The van der Waals surface area contributed by atoms with Crippen LogP contribution in [0.4, 0.5) is 10.5 Å². The molecule has 1 N–H and O–H groups in total. The number of aliphatic imine (C=N–C) groups is 1. The number of benzene rings is 3. The molecular formula is C30H32N4O4. The minimum Gasteiger partial charge on any atom is -0.445 e. The summed E-state index contributed by atoms with van der Waals surface area (Å²) >= 11 is 0. The van der Waals surface area contributed by atoms with Crippen molar-refractivity contribution in [2.45, 2.75) is 39.6 Å². The number of para-hydroxylation sites is 1. The SMILES string of the molecule is CCN(CC)C(=O)C(C)N1C(=O)C(NC(=O)OCc2ccccc2)N=C(c2ccccc2)c2ccccc21. The van der Waals surface area contributed by atoms with Crippen molar-refractivity contribution in [3.63, 3.8) is 0 Å². The number of anilines is 1. The van der Waals surface area contributed by atoms with Crippen molar-refractivity contribution in [2.75, 3.05) is 18.0 Å². The lowest BCUT2D eigenvalue weighted by atomic mass is 9.99. The summed E-state index contributed by atoms with van der Waals surface area (Å²) in [6.45, 7) is 6.58. The van der Waals surface area contributed by atoms with Crippen LogP contribution in [0.2, 0.25) is 0 Å². The van der Waals surface area contributed by atoms with E-state index in [9.17, 15) is 14.4 Å². The summed E-state index contributed by atoms with van der Waals surface area (Å²) in [6.07, 6.45) is -2.08. The standard InChI is InChI=1S/C30H32N4O4/c1-4-33(5-2)28(35)21(3)34-25-19-13-12-18-24(25)26(23-16-10-7-11-17-23)31-27(29(34)36)32-30(37)38-20-22-14-8-6-9-15-22/h6-19,21,27H,4-5,20H2,1-3H3,(H,32,37). The van der Waals surface area contributed by atoms with Crippen molar-refractivity contribution < 1.29 is 19.1 Å². The first-order chi connectivity index (χ1) is 18.4. The molecule has 3 aromatic rings. The first kappa shape index (κ1) is 26.6. The Bertz CT molecular complexity index is 1310. The number of amides is 3. The van der Waals surface area contributed by atoms with Gasteiger partial charge in [-0.1, -0.05) is 78.9 Å². The van der Waals surface area contributed by atoms with E-state index in [1.807, 2.05) is 92.7 Å². The third kappa shape index (κ3) is 5.75. The number of benzodiazepines with no additional fused rings is 1. The normalized spacial score (nSPS) is 15.6. The third-order valence-electron chi connectivity index (χ3n) is 6.48. The quantitative estimate of drug-likeness (QED) is 0.485. The van der Waals surface area contributed by atoms with Gasteiger partial charge in [0.15, 0.2) is 0 Å². The maximum absolute atomic E-state index is 14.0. The van der Waals surface area contributed by atoms with Crippen molar-refractivity contribution in [1.82, 2.24) is 10.2 Å². The molecule has 1 aliphatic heterocycles. The molecule has 1 aliphatic rings. The fourth-order valence-corrected chi connectivity index (χ4v) is 4.49. The third-order valence-corrected chi connectivity index (χ3v) is 6.48. The van der Waals surface area contributed by atoms with Gasteiger partial charge in [-0.25, -0.2) is 9.79 Å². The van der Waals surface area contributed by atoms with Crippen LogP contribution in [0.5, 0.6) is 0 Å². The van der Waals surface area contributed by atoms with Crippen LogP contribution in [0, 0.1) is 0 Å². The van der Waals surface area contributed by atoms with E-state index in [4.69, 9.17) is 9.73 Å². The number of alkyl carbamates (subject to hydrolysis) is 1. The number of nitrogens with one attached hydrogen (secondary N) is 1. The van der Waals surface area contributed by atoms with Crippen molar-refractivity contribution in [1.29, 1.82) is 0 Å². The summed E-state index contributed by atoms with van der Waals surface area (Å²) < 4.78 is 5.39. The average molecular weight is 513 g/mol. The van der Waals surface area contributed by atoms with Crippen LogP contribution >= 0.6 is 0 Å². The topological polar surface area (TPSA) is 91.3 Å². The summed E-state index contributed by atoms with van der Waals surface area (Å²) in [5.41, 5.74) is 3.37. The predicted octanol–water partition coefficient (Wildman–Crippen LogP) is 4.38. The molecular weight excluding hydrogens is 480 g/mol. The van der Waals surface area contributed by atoms with Gasteiger partial charge in [-0.3, -0.25) is 19.8 Å². The van der Waals surface area contributed by atoms with E-state index in [1.165, 1.54) is 4.90 Å². The molecule has 2 unspecified atom stereocenters.